The molecule has 0 aromatic carbocycles. The zero-order valence-corrected chi connectivity index (χ0v) is 11.3. The molecule has 0 nitrogen and oxygen atoms in total. The molecule has 0 bridgehead atoms. The fraction of sp³-hybridized carbons (Fsp3) is 1.00. The van der Waals surface area contributed by atoms with E-state index in [1.54, 1.807) is 0 Å². The van der Waals surface area contributed by atoms with Crippen molar-refractivity contribution >= 4 is 23.2 Å². The van der Waals surface area contributed by atoms with Crippen molar-refractivity contribution in [2.45, 2.75) is 52.9 Å². The Morgan fingerprint density at radius 2 is 1.57 bits per heavy atom. The number of halogens is 2. The van der Waals surface area contributed by atoms with Crippen LogP contribution in [0.4, 0.5) is 0 Å². The summed E-state index contributed by atoms with van der Waals surface area (Å²) in [6.45, 7) is 6.88. The Morgan fingerprint density at radius 1 is 1.07 bits per heavy atom. The van der Waals surface area contributed by atoms with Crippen molar-refractivity contribution in [2.24, 2.45) is 11.3 Å². The molecule has 1 unspecified atom stereocenters. The van der Waals surface area contributed by atoms with Crippen LogP contribution in [0.2, 0.25) is 0 Å². The first kappa shape index (κ1) is 14.6. The highest BCUT2D eigenvalue weighted by Crippen LogP contribution is 2.40. The number of rotatable bonds is 8. The topological polar surface area (TPSA) is 0 Å². The van der Waals surface area contributed by atoms with Gasteiger partial charge in [0.05, 0.1) is 0 Å². The van der Waals surface area contributed by atoms with Gasteiger partial charge in [-0.2, -0.15) is 0 Å². The Kier molecular flexibility index (Phi) is 8.14. The van der Waals surface area contributed by atoms with Crippen molar-refractivity contribution < 1.29 is 0 Å². The van der Waals surface area contributed by atoms with E-state index in [0.717, 1.165) is 30.5 Å². The Bertz CT molecular complexity index is 128. The predicted octanol–water partition coefficient (Wildman–Crippen LogP) is 5.08. The summed E-state index contributed by atoms with van der Waals surface area (Å²) in [5, 5.41) is 0. The summed E-state index contributed by atoms with van der Waals surface area (Å²) in [5.74, 6) is 2.30. The van der Waals surface area contributed by atoms with Gasteiger partial charge in [-0.3, -0.25) is 0 Å². The zero-order chi connectivity index (χ0) is 11.0. The van der Waals surface area contributed by atoms with Crippen LogP contribution in [-0.2, 0) is 0 Å². The highest BCUT2D eigenvalue weighted by molar-refractivity contribution is 6.18. The molecule has 0 saturated carbocycles. The van der Waals surface area contributed by atoms with Crippen LogP contribution in [-0.4, -0.2) is 11.8 Å². The number of hydrogen-bond acceptors (Lipinski definition) is 0. The Balaban J connectivity index is 4.39. The van der Waals surface area contributed by atoms with E-state index in [2.05, 4.69) is 20.8 Å². The molecule has 0 heterocycles. The maximum Gasteiger partial charge on any atom is 0.0228 e. The lowest BCUT2D eigenvalue weighted by atomic mass is 9.70. The van der Waals surface area contributed by atoms with Gasteiger partial charge in [0.25, 0.3) is 0 Å². The monoisotopic (exact) mass is 238 g/mol. The lowest BCUT2D eigenvalue weighted by Gasteiger charge is -2.37. The third-order valence-corrected chi connectivity index (χ3v) is 3.82. The van der Waals surface area contributed by atoms with Gasteiger partial charge in [-0.15, -0.1) is 23.2 Å². The van der Waals surface area contributed by atoms with Crippen LogP contribution in [0, 0.1) is 11.3 Å². The molecule has 0 radical (unpaired) electrons. The molecule has 0 aliphatic carbocycles. The Morgan fingerprint density at radius 3 is 1.86 bits per heavy atom. The molecule has 2 heteroatoms. The molecule has 0 aliphatic rings. The number of hydrogen-bond donors (Lipinski definition) is 0. The van der Waals surface area contributed by atoms with Gasteiger partial charge in [-0.1, -0.05) is 40.0 Å². The average Bonchev–Trinajstić information content (AvgIpc) is 2.14. The van der Waals surface area contributed by atoms with E-state index in [1.807, 2.05) is 0 Å². The second kappa shape index (κ2) is 7.82. The summed E-state index contributed by atoms with van der Waals surface area (Å²) in [6, 6.07) is 0. The molecule has 1 atom stereocenters. The number of alkyl halides is 2. The van der Waals surface area contributed by atoms with Crippen LogP contribution in [0.15, 0.2) is 0 Å². The molecule has 0 aromatic rings. The van der Waals surface area contributed by atoms with Crippen molar-refractivity contribution in [3.8, 4) is 0 Å². The van der Waals surface area contributed by atoms with Gasteiger partial charge in [0.2, 0.25) is 0 Å². The van der Waals surface area contributed by atoms with E-state index in [-0.39, 0.29) is 0 Å². The SMILES string of the molecule is CCCC(CC)C(C)(CCCl)CCCl. The molecule has 0 aliphatic heterocycles. The maximum absolute atomic E-state index is 5.88. The van der Waals surface area contributed by atoms with Crippen LogP contribution in [0.1, 0.15) is 52.9 Å². The van der Waals surface area contributed by atoms with Gasteiger partial charge >= 0.3 is 0 Å². The minimum atomic E-state index is 0.355. The lowest BCUT2D eigenvalue weighted by Crippen LogP contribution is -2.28. The van der Waals surface area contributed by atoms with Crippen LogP contribution in [0.25, 0.3) is 0 Å². The van der Waals surface area contributed by atoms with E-state index in [1.165, 1.54) is 19.3 Å². The van der Waals surface area contributed by atoms with Gasteiger partial charge in [0.15, 0.2) is 0 Å². The summed E-state index contributed by atoms with van der Waals surface area (Å²) in [5.41, 5.74) is 0.355. The first-order chi connectivity index (χ1) is 6.64. The third kappa shape index (κ3) is 4.40. The minimum Gasteiger partial charge on any atom is -0.127 e. The van der Waals surface area contributed by atoms with Crippen LogP contribution in [0.5, 0.6) is 0 Å². The van der Waals surface area contributed by atoms with Gasteiger partial charge < -0.3 is 0 Å². The molecule has 0 rings (SSSR count). The summed E-state index contributed by atoms with van der Waals surface area (Å²) in [4.78, 5) is 0. The summed E-state index contributed by atoms with van der Waals surface area (Å²) in [7, 11) is 0. The molecule has 14 heavy (non-hydrogen) atoms. The quantitative estimate of drug-likeness (QED) is 0.518. The minimum absolute atomic E-state index is 0.355. The molecule has 86 valence electrons. The fourth-order valence-corrected chi connectivity index (χ4v) is 3.22. The Hall–Kier alpha value is 0.580. The molecular formula is C12H24Cl2. The van der Waals surface area contributed by atoms with Gasteiger partial charge in [-0.05, 0) is 24.2 Å². The van der Waals surface area contributed by atoms with E-state index < -0.39 is 0 Å². The zero-order valence-electron chi connectivity index (χ0n) is 9.78. The summed E-state index contributed by atoms with van der Waals surface area (Å²) in [6.07, 6.45) is 6.01. The first-order valence-corrected chi connectivity index (χ1v) is 6.83. The van der Waals surface area contributed by atoms with Crippen molar-refractivity contribution in [2.75, 3.05) is 11.8 Å². The van der Waals surface area contributed by atoms with Crippen LogP contribution >= 0.6 is 23.2 Å². The van der Waals surface area contributed by atoms with E-state index >= 15 is 0 Å². The van der Waals surface area contributed by atoms with E-state index in [0.29, 0.717) is 5.41 Å². The normalized spacial score (nSPS) is 14.4. The fourth-order valence-electron chi connectivity index (χ4n) is 2.36. The smallest absolute Gasteiger partial charge is 0.0228 e. The van der Waals surface area contributed by atoms with Gasteiger partial charge in [-0.25, -0.2) is 0 Å². The molecular weight excluding hydrogens is 215 g/mol. The maximum atomic E-state index is 5.88. The highest BCUT2D eigenvalue weighted by Gasteiger charge is 2.30. The van der Waals surface area contributed by atoms with Crippen molar-refractivity contribution in [3.63, 3.8) is 0 Å². The highest BCUT2D eigenvalue weighted by atomic mass is 35.5. The predicted molar refractivity (Wildman–Crippen MR) is 67.5 cm³/mol. The standard InChI is InChI=1S/C12H24Cl2/c1-4-6-11(5-2)12(3,7-9-13)8-10-14/h11H,4-10H2,1-3H3. The molecule has 0 amide bonds. The van der Waals surface area contributed by atoms with E-state index in [9.17, 15) is 0 Å². The van der Waals surface area contributed by atoms with Crippen LogP contribution in [0.3, 0.4) is 0 Å². The van der Waals surface area contributed by atoms with Crippen molar-refractivity contribution in [3.05, 3.63) is 0 Å². The van der Waals surface area contributed by atoms with Crippen molar-refractivity contribution in [1.29, 1.82) is 0 Å². The van der Waals surface area contributed by atoms with Crippen LogP contribution < -0.4 is 0 Å². The molecule has 0 aromatic heterocycles. The first-order valence-electron chi connectivity index (χ1n) is 5.76. The third-order valence-electron chi connectivity index (χ3n) is 3.45. The van der Waals surface area contributed by atoms with Gasteiger partial charge in [0.1, 0.15) is 0 Å². The summed E-state index contributed by atoms with van der Waals surface area (Å²) < 4.78 is 0. The average molecular weight is 239 g/mol. The molecule has 0 spiro atoms. The van der Waals surface area contributed by atoms with Gasteiger partial charge in [0, 0.05) is 11.8 Å². The lowest BCUT2D eigenvalue weighted by molar-refractivity contribution is 0.154. The summed E-state index contributed by atoms with van der Waals surface area (Å²) >= 11 is 11.8. The second-order valence-electron chi connectivity index (χ2n) is 4.43. The molecule has 0 fully saturated rings. The Labute approximate surface area is 99.4 Å². The van der Waals surface area contributed by atoms with Crippen molar-refractivity contribution in [1.82, 2.24) is 0 Å². The second-order valence-corrected chi connectivity index (χ2v) is 5.18. The largest absolute Gasteiger partial charge is 0.127 e. The van der Waals surface area contributed by atoms with E-state index in [4.69, 9.17) is 23.2 Å². The molecule has 0 saturated heterocycles. The molecule has 0 N–H and O–H groups in total.